The van der Waals surface area contributed by atoms with Crippen molar-refractivity contribution in [3.05, 3.63) is 89.7 Å². The highest BCUT2D eigenvalue weighted by Crippen LogP contribution is 2.37. The number of hydrogen-bond donors (Lipinski definition) is 1. The van der Waals surface area contributed by atoms with Crippen LogP contribution < -0.4 is 15.0 Å². The molecule has 0 saturated heterocycles. The van der Waals surface area contributed by atoms with E-state index in [2.05, 4.69) is 20.0 Å². The van der Waals surface area contributed by atoms with Crippen molar-refractivity contribution in [2.75, 3.05) is 10.2 Å². The number of hydrogen-bond acceptors (Lipinski definition) is 6. The fourth-order valence-corrected chi connectivity index (χ4v) is 3.81. The van der Waals surface area contributed by atoms with Crippen LogP contribution in [0.1, 0.15) is 15.9 Å². The van der Waals surface area contributed by atoms with E-state index < -0.39 is 18.0 Å². The van der Waals surface area contributed by atoms with E-state index in [1.807, 2.05) is 29.3 Å². The summed E-state index contributed by atoms with van der Waals surface area (Å²) in [6, 6.07) is 13.9. The summed E-state index contributed by atoms with van der Waals surface area (Å²) in [6.45, 7) is 1.91. The minimum Gasteiger partial charge on any atom is -0.406 e. The number of rotatable bonds is 6. The zero-order valence-corrected chi connectivity index (χ0v) is 18.0. The first-order valence-corrected chi connectivity index (χ1v) is 10.6. The number of aryl methyl sites for hydroxylation is 1. The highest BCUT2D eigenvalue weighted by atomic mass is 32.1. The van der Waals surface area contributed by atoms with Crippen LogP contribution in [0.15, 0.2) is 78.6 Å². The summed E-state index contributed by atoms with van der Waals surface area (Å²) in [5, 5.41) is 5.18. The number of halogens is 3. The predicted octanol–water partition coefficient (Wildman–Crippen LogP) is 6.47. The second kappa shape index (κ2) is 9.29. The second-order valence-corrected chi connectivity index (χ2v) is 7.76. The number of pyridine rings is 1. The Labute approximate surface area is 191 Å². The first-order valence-electron chi connectivity index (χ1n) is 9.67. The summed E-state index contributed by atoms with van der Waals surface area (Å²) in [5.41, 5.74) is 2.96. The number of ether oxygens (including phenoxy) is 1. The molecule has 2 aromatic carbocycles. The topological polar surface area (TPSA) is 67.3 Å². The van der Waals surface area contributed by atoms with Crippen LogP contribution in [0.3, 0.4) is 0 Å². The Hall–Kier alpha value is -3.92. The number of nitrogens with one attached hydrogen (secondary N) is 1. The molecule has 0 bridgehead atoms. The molecule has 1 amide bonds. The van der Waals surface area contributed by atoms with E-state index in [0.29, 0.717) is 10.7 Å². The lowest BCUT2D eigenvalue weighted by Crippen LogP contribution is -2.18. The van der Waals surface area contributed by atoms with Crippen molar-refractivity contribution < 1.29 is 22.7 Å². The molecular weight excluding hydrogens is 453 g/mol. The van der Waals surface area contributed by atoms with Gasteiger partial charge in [-0.25, -0.2) is 4.98 Å². The Kier molecular flexibility index (Phi) is 6.27. The smallest absolute Gasteiger partial charge is 0.406 e. The summed E-state index contributed by atoms with van der Waals surface area (Å²) in [5.74, 6) is -0.897. The third-order valence-electron chi connectivity index (χ3n) is 4.57. The quantitative estimate of drug-likeness (QED) is 0.350. The summed E-state index contributed by atoms with van der Waals surface area (Å²) in [6.07, 6.45) is 0.201. The molecule has 0 aliphatic carbocycles. The lowest BCUT2D eigenvalue weighted by molar-refractivity contribution is -0.274. The first kappa shape index (κ1) is 22.3. The van der Waals surface area contributed by atoms with Gasteiger partial charge in [0.05, 0.1) is 11.4 Å². The molecule has 10 heteroatoms. The van der Waals surface area contributed by atoms with Crippen LogP contribution in [0.25, 0.3) is 0 Å². The van der Waals surface area contributed by atoms with Crippen molar-refractivity contribution in [2.45, 2.75) is 13.3 Å². The Morgan fingerprint density at radius 2 is 1.85 bits per heavy atom. The fourth-order valence-electron chi connectivity index (χ4n) is 3.14. The van der Waals surface area contributed by atoms with Gasteiger partial charge in [0, 0.05) is 41.3 Å². The van der Waals surface area contributed by atoms with Crippen molar-refractivity contribution in [1.29, 1.82) is 0 Å². The molecule has 33 heavy (non-hydrogen) atoms. The maximum absolute atomic E-state index is 12.9. The molecule has 0 spiro atoms. The van der Waals surface area contributed by atoms with Gasteiger partial charge in [-0.05, 0) is 48.9 Å². The van der Waals surface area contributed by atoms with Crippen molar-refractivity contribution in [1.82, 2.24) is 9.97 Å². The van der Waals surface area contributed by atoms with E-state index in [4.69, 9.17) is 0 Å². The molecule has 0 radical (unpaired) electrons. The summed E-state index contributed by atoms with van der Waals surface area (Å²) in [7, 11) is 0. The van der Waals surface area contributed by atoms with E-state index >= 15 is 0 Å². The maximum Gasteiger partial charge on any atom is 0.573 e. The number of thiazole rings is 1. The van der Waals surface area contributed by atoms with Gasteiger partial charge in [-0.3, -0.25) is 14.7 Å². The molecule has 1 N–H and O–H groups in total. The zero-order valence-electron chi connectivity index (χ0n) is 17.2. The summed E-state index contributed by atoms with van der Waals surface area (Å²) < 4.78 is 41.4. The molecule has 4 rings (SSSR count). The summed E-state index contributed by atoms with van der Waals surface area (Å²) >= 11 is 1.44. The van der Waals surface area contributed by atoms with Crippen LogP contribution in [-0.4, -0.2) is 22.2 Å². The van der Waals surface area contributed by atoms with Gasteiger partial charge < -0.3 is 10.1 Å². The number of nitrogens with zero attached hydrogens (tertiary/aromatic N) is 3. The number of aromatic nitrogens is 2. The van der Waals surface area contributed by atoms with Gasteiger partial charge in [-0.1, -0.05) is 12.1 Å². The average molecular weight is 470 g/mol. The molecule has 4 aromatic rings. The largest absolute Gasteiger partial charge is 0.573 e. The number of benzene rings is 2. The average Bonchev–Trinajstić information content (AvgIpc) is 3.29. The molecule has 0 aliphatic heterocycles. The van der Waals surface area contributed by atoms with Gasteiger partial charge in [0.2, 0.25) is 0 Å². The minimum absolute atomic E-state index is 0.176. The van der Waals surface area contributed by atoms with Gasteiger partial charge in [-0.2, -0.15) is 0 Å². The third-order valence-corrected chi connectivity index (χ3v) is 5.33. The Morgan fingerprint density at radius 1 is 1.06 bits per heavy atom. The molecule has 0 atom stereocenters. The Balaban J connectivity index is 1.64. The fraction of sp³-hybridized carbons (Fsp3) is 0.0870. The van der Waals surface area contributed by atoms with Crippen molar-refractivity contribution in [3.8, 4) is 5.75 Å². The minimum atomic E-state index is -4.82. The maximum atomic E-state index is 12.9. The highest BCUT2D eigenvalue weighted by Gasteiger charge is 2.31. The van der Waals surface area contributed by atoms with Gasteiger partial charge >= 0.3 is 6.36 Å². The SMILES string of the molecule is Cc1ccc(C(=O)Nc2cccc(OC(F)(F)F)c2)cc1N(c1ccncc1)c1nccs1. The molecule has 6 nitrogen and oxygen atoms in total. The van der Waals surface area contributed by atoms with E-state index in [9.17, 15) is 18.0 Å². The lowest BCUT2D eigenvalue weighted by Gasteiger charge is -2.24. The lowest BCUT2D eigenvalue weighted by atomic mass is 10.1. The van der Waals surface area contributed by atoms with Crippen LogP contribution in [0.4, 0.5) is 35.4 Å². The standard InChI is InChI=1S/C23H17F3N4O2S/c1-15-5-6-16(21(31)29-17-3-2-4-19(14-17)32-23(24,25)26)13-20(15)30(22-28-11-12-33-22)18-7-9-27-10-8-18/h2-14H,1H3,(H,29,31). The van der Waals surface area contributed by atoms with Crippen molar-refractivity contribution >= 4 is 39.4 Å². The molecule has 0 saturated carbocycles. The molecular formula is C23H17F3N4O2S. The molecule has 0 unspecified atom stereocenters. The van der Waals surface area contributed by atoms with Crippen LogP contribution >= 0.6 is 11.3 Å². The molecule has 2 heterocycles. The van der Waals surface area contributed by atoms with E-state index in [-0.39, 0.29) is 5.69 Å². The normalized spacial score (nSPS) is 11.2. The van der Waals surface area contributed by atoms with Gasteiger partial charge in [0.1, 0.15) is 5.75 Å². The van der Waals surface area contributed by atoms with E-state index in [1.165, 1.54) is 23.5 Å². The van der Waals surface area contributed by atoms with E-state index in [0.717, 1.165) is 29.1 Å². The van der Waals surface area contributed by atoms with Crippen molar-refractivity contribution in [2.24, 2.45) is 0 Å². The number of alkyl halides is 3. The highest BCUT2D eigenvalue weighted by molar-refractivity contribution is 7.13. The second-order valence-electron chi connectivity index (χ2n) is 6.89. The predicted molar refractivity (Wildman–Crippen MR) is 120 cm³/mol. The molecule has 0 fully saturated rings. The Morgan fingerprint density at radius 3 is 2.55 bits per heavy atom. The van der Waals surface area contributed by atoms with Gasteiger partial charge in [-0.15, -0.1) is 24.5 Å². The van der Waals surface area contributed by atoms with Crippen LogP contribution in [-0.2, 0) is 0 Å². The van der Waals surface area contributed by atoms with E-state index in [1.54, 1.807) is 36.8 Å². The Bertz CT molecular complexity index is 1250. The van der Waals surface area contributed by atoms with Crippen LogP contribution in [0, 0.1) is 6.92 Å². The first-order chi connectivity index (χ1) is 15.8. The van der Waals surface area contributed by atoms with Crippen LogP contribution in [0.2, 0.25) is 0 Å². The number of amides is 1. The molecule has 2 aromatic heterocycles. The summed E-state index contributed by atoms with van der Waals surface area (Å²) in [4.78, 5) is 23.3. The molecule has 168 valence electrons. The van der Waals surface area contributed by atoms with Gasteiger partial charge in [0.15, 0.2) is 5.13 Å². The third kappa shape index (κ3) is 5.47. The zero-order chi connectivity index (χ0) is 23.4. The monoisotopic (exact) mass is 470 g/mol. The van der Waals surface area contributed by atoms with Gasteiger partial charge in [0.25, 0.3) is 5.91 Å². The number of carbonyl (C=O) groups is 1. The van der Waals surface area contributed by atoms with Crippen LogP contribution in [0.5, 0.6) is 5.75 Å². The van der Waals surface area contributed by atoms with Crippen molar-refractivity contribution in [3.63, 3.8) is 0 Å². The molecule has 0 aliphatic rings. The number of carbonyl (C=O) groups excluding carboxylic acids is 1. The number of anilines is 4.